The van der Waals surface area contributed by atoms with E-state index < -0.39 is 11.7 Å². The SMILES string of the molecule is CCc1c(F)ccc2cc(O)cc(N3CCc4c(nc(OC[C@@]56CCCN5C[C@H](F)C6)nc4N4CCCC5(C4)NC(=O)NC5C)C3)c12. The molecule has 0 saturated carbocycles. The van der Waals surface area contributed by atoms with Gasteiger partial charge >= 0.3 is 12.0 Å². The van der Waals surface area contributed by atoms with Gasteiger partial charge in [0, 0.05) is 55.3 Å². The van der Waals surface area contributed by atoms with E-state index in [2.05, 4.69) is 25.3 Å². The van der Waals surface area contributed by atoms with Crippen LogP contribution in [0.4, 0.5) is 25.1 Å². The number of nitrogens with zero attached hydrogens (tertiary/aromatic N) is 5. The van der Waals surface area contributed by atoms with E-state index in [9.17, 15) is 14.3 Å². The van der Waals surface area contributed by atoms with Crippen molar-refractivity contribution in [1.29, 1.82) is 0 Å². The number of fused-ring (bicyclic) bond motifs is 3. The summed E-state index contributed by atoms with van der Waals surface area (Å²) in [7, 11) is 0. The maximum absolute atomic E-state index is 15.0. The van der Waals surface area contributed by atoms with Crippen LogP contribution in [0.3, 0.4) is 0 Å². The number of aryl methyl sites for hydroxylation is 1. The molecule has 2 aromatic carbocycles. The number of halogens is 2. The molecule has 1 spiro atoms. The maximum Gasteiger partial charge on any atom is 0.318 e. The number of phenols is 1. The van der Waals surface area contributed by atoms with Crippen molar-refractivity contribution in [2.75, 3.05) is 49.1 Å². The van der Waals surface area contributed by atoms with Gasteiger partial charge in [-0.1, -0.05) is 13.0 Å². The molecule has 6 heterocycles. The molecule has 0 aliphatic carbocycles. The number of hydrogen-bond acceptors (Lipinski definition) is 8. The summed E-state index contributed by atoms with van der Waals surface area (Å²) in [6.45, 7) is 8.09. The minimum absolute atomic E-state index is 0.0302. The van der Waals surface area contributed by atoms with Gasteiger partial charge in [0.25, 0.3) is 0 Å². The first-order chi connectivity index (χ1) is 22.7. The lowest BCUT2D eigenvalue weighted by Crippen LogP contribution is -2.60. The van der Waals surface area contributed by atoms with E-state index in [4.69, 9.17) is 14.7 Å². The van der Waals surface area contributed by atoms with Crippen LogP contribution in [0.25, 0.3) is 10.8 Å². The first-order valence-electron chi connectivity index (χ1n) is 17.1. The van der Waals surface area contributed by atoms with Crippen LogP contribution in [0.2, 0.25) is 0 Å². The summed E-state index contributed by atoms with van der Waals surface area (Å²) in [5.41, 5.74) is 2.51. The highest BCUT2D eigenvalue weighted by Gasteiger charge is 2.50. The van der Waals surface area contributed by atoms with Gasteiger partial charge in [-0.3, -0.25) is 4.90 Å². The molecule has 1 aromatic heterocycles. The largest absolute Gasteiger partial charge is 0.508 e. The third-order valence-electron chi connectivity index (χ3n) is 11.4. The van der Waals surface area contributed by atoms with Gasteiger partial charge in [0.05, 0.1) is 29.4 Å². The van der Waals surface area contributed by atoms with Crippen LogP contribution in [0, 0.1) is 5.82 Å². The van der Waals surface area contributed by atoms with Gasteiger partial charge in [-0.2, -0.15) is 9.97 Å². The number of amides is 2. The van der Waals surface area contributed by atoms with Crippen molar-refractivity contribution < 1.29 is 23.4 Å². The number of hydrogen-bond donors (Lipinski definition) is 3. The molecule has 8 rings (SSSR count). The molecule has 10 nitrogen and oxygen atoms in total. The fourth-order valence-corrected chi connectivity index (χ4v) is 9.06. The van der Waals surface area contributed by atoms with Gasteiger partial charge in [-0.15, -0.1) is 0 Å². The normalized spacial score (nSPS) is 28.9. The Balaban J connectivity index is 1.17. The number of anilines is 2. The molecule has 4 atom stereocenters. The summed E-state index contributed by atoms with van der Waals surface area (Å²) < 4.78 is 36.0. The van der Waals surface area contributed by atoms with Crippen LogP contribution in [0.5, 0.6) is 11.8 Å². The summed E-state index contributed by atoms with van der Waals surface area (Å²) in [5.74, 6) is 0.685. The molecule has 250 valence electrons. The Bertz CT molecular complexity index is 1740. The quantitative estimate of drug-likeness (QED) is 0.357. The van der Waals surface area contributed by atoms with E-state index in [-0.39, 0.29) is 35.2 Å². The second-order valence-electron chi connectivity index (χ2n) is 14.2. The van der Waals surface area contributed by atoms with Crippen LogP contribution in [0.15, 0.2) is 24.3 Å². The van der Waals surface area contributed by atoms with E-state index >= 15 is 4.39 Å². The van der Waals surface area contributed by atoms with Gasteiger partial charge in [0.15, 0.2) is 0 Å². The van der Waals surface area contributed by atoms with Crippen LogP contribution in [-0.4, -0.2) is 88.6 Å². The highest BCUT2D eigenvalue weighted by Crippen LogP contribution is 2.42. The molecule has 12 heteroatoms. The molecule has 2 unspecified atom stereocenters. The number of piperidine rings is 1. The summed E-state index contributed by atoms with van der Waals surface area (Å²) in [5, 5.41) is 18.5. The number of phenolic OH excluding ortho intramolecular Hbond substituents is 1. The number of carbonyl (C=O) groups is 1. The topological polar surface area (TPSA) is 106 Å². The van der Waals surface area contributed by atoms with Crippen molar-refractivity contribution in [3.05, 3.63) is 46.9 Å². The molecule has 0 bridgehead atoms. The van der Waals surface area contributed by atoms with Crippen molar-refractivity contribution in [2.24, 2.45) is 0 Å². The molecule has 5 aliphatic rings. The first-order valence-corrected chi connectivity index (χ1v) is 17.1. The molecular formula is C35H43F2N7O3. The highest BCUT2D eigenvalue weighted by atomic mass is 19.1. The van der Waals surface area contributed by atoms with Gasteiger partial charge in [-0.05, 0) is 75.1 Å². The number of rotatable bonds is 6. The number of aromatic nitrogens is 2. The minimum atomic E-state index is -0.857. The van der Waals surface area contributed by atoms with E-state index in [1.165, 1.54) is 6.07 Å². The number of ether oxygens (including phenoxy) is 1. The Kier molecular flexibility index (Phi) is 7.34. The van der Waals surface area contributed by atoms with Crippen LogP contribution in [-0.2, 0) is 19.4 Å². The molecule has 0 radical (unpaired) electrons. The zero-order chi connectivity index (χ0) is 32.5. The molecule has 2 amide bonds. The maximum atomic E-state index is 15.0. The van der Waals surface area contributed by atoms with Gasteiger partial charge in [0.1, 0.15) is 30.2 Å². The minimum Gasteiger partial charge on any atom is -0.508 e. The molecular weight excluding hydrogens is 604 g/mol. The van der Waals surface area contributed by atoms with Crippen LogP contribution in [0.1, 0.15) is 62.8 Å². The molecule has 3 aromatic rings. The van der Waals surface area contributed by atoms with Crippen molar-refractivity contribution in [1.82, 2.24) is 25.5 Å². The van der Waals surface area contributed by atoms with Crippen molar-refractivity contribution >= 4 is 28.3 Å². The monoisotopic (exact) mass is 647 g/mol. The Morgan fingerprint density at radius 3 is 2.79 bits per heavy atom. The summed E-state index contributed by atoms with van der Waals surface area (Å²) in [6.07, 6.45) is 4.44. The van der Waals surface area contributed by atoms with E-state index in [0.717, 1.165) is 72.3 Å². The van der Waals surface area contributed by atoms with E-state index in [0.29, 0.717) is 57.6 Å². The molecule has 47 heavy (non-hydrogen) atoms. The van der Waals surface area contributed by atoms with Crippen molar-refractivity contribution in [2.45, 2.75) is 88.6 Å². The predicted molar refractivity (Wildman–Crippen MR) is 176 cm³/mol. The zero-order valence-corrected chi connectivity index (χ0v) is 27.1. The lowest BCUT2D eigenvalue weighted by molar-refractivity contribution is 0.107. The number of alkyl halides is 1. The lowest BCUT2D eigenvalue weighted by Gasteiger charge is -2.43. The average Bonchev–Trinajstić information content (AvgIpc) is 3.67. The number of nitrogens with one attached hydrogen (secondary N) is 2. The fourth-order valence-electron chi connectivity index (χ4n) is 9.06. The highest BCUT2D eigenvalue weighted by molar-refractivity contribution is 5.98. The van der Waals surface area contributed by atoms with E-state index in [1.54, 1.807) is 18.2 Å². The summed E-state index contributed by atoms with van der Waals surface area (Å²) >= 11 is 0. The van der Waals surface area contributed by atoms with Gasteiger partial charge < -0.3 is 30.3 Å². The Hall–Kier alpha value is -3.93. The van der Waals surface area contributed by atoms with Crippen molar-refractivity contribution in [3.8, 4) is 11.8 Å². The lowest BCUT2D eigenvalue weighted by atomic mass is 9.84. The molecule has 3 N–H and O–H groups in total. The number of benzene rings is 2. The first kappa shape index (κ1) is 30.4. The van der Waals surface area contributed by atoms with E-state index in [1.807, 2.05) is 13.8 Å². The second-order valence-corrected chi connectivity index (χ2v) is 14.2. The Labute approximate surface area is 273 Å². The average molecular weight is 648 g/mol. The molecule has 4 fully saturated rings. The van der Waals surface area contributed by atoms with Gasteiger partial charge in [0.2, 0.25) is 0 Å². The number of carbonyl (C=O) groups excluding carboxylic acids is 1. The fraction of sp³-hybridized carbons (Fsp3) is 0.571. The third-order valence-corrected chi connectivity index (χ3v) is 11.4. The van der Waals surface area contributed by atoms with Crippen molar-refractivity contribution in [3.63, 3.8) is 0 Å². The number of urea groups is 1. The summed E-state index contributed by atoms with van der Waals surface area (Å²) in [4.78, 5) is 29.0. The standard InChI is InChI=1S/C35H43F2N7O3/c1-3-25-27(37)7-6-22-14-24(45)15-29(30(22)25)42-13-8-26-28(18-42)39-33(47-20-34-9-4-12-44(34)17-23(36)16-34)40-31(26)43-11-5-10-35(19-43)21(2)38-32(46)41-35/h6-7,14-15,21,23,45H,3-5,8-13,16-20H2,1-2H3,(H2,38,41,46)/t21?,23-,34+,35?/m1/s1. The van der Waals surface area contributed by atoms with Crippen LogP contribution < -0.4 is 25.2 Å². The second kappa shape index (κ2) is 11.4. The van der Waals surface area contributed by atoms with Gasteiger partial charge in [-0.25, -0.2) is 13.6 Å². The molecule has 5 aliphatic heterocycles. The summed E-state index contributed by atoms with van der Waals surface area (Å²) in [6, 6.07) is 6.68. The smallest absolute Gasteiger partial charge is 0.318 e. The zero-order valence-electron chi connectivity index (χ0n) is 27.1. The Morgan fingerprint density at radius 2 is 1.98 bits per heavy atom. The number of aromatic hydroxyl groups is 1. The third kappa shape index (κ3) is 5.10. The molecule has 4 saturated heterocycles. The Morgan fingerprint density at radius 1 is 1.13 bits per heavy atom. The van der Waals surface area contributed by atoms with Crippen LogP contribution >= 0.6 is 0 Å². The predicted octanol–water partition coefficient (Wildman–Crippen LogP) is 4.60.